The Morgan fingerprint density at radius 3 is 2.65 bits per heavy atom. The molecular weight excluding hydrogens is 496 g/mol. The summed E-state index contributed by atoms with van der Waals surface area (Å²) in [7, 11) is 1.39. The number of nitrogens with zero attached hydrogens (tertiary/aromatic N) is 4. The number of fused-ring (bicyclic) bond motifs is 2. The lowest BCUT2D eigenvalue weighted by atomic mass is 10.1. The number of hydrogen-bond acceptors (Lipinski definition) is 5. The lowest BCUT2D eigenvalue weighted by Crippen LogP contribution is -2.23. The molecule has 0 unspecified atom stereocenters. The van der Waals surface area contributed by atoms with Gasteiger partial charge in [0, 0.05) is 32.6 Å². The molecule has 0 aliphatic heterocycles. The minimum absolute atomic E-state index is 0.0414. The molecule has 0 aliphatic rings. The molecule has 2 aromatic heterocycles. The van der Waals surface area contributed by atoms with E-state index >= 15 is 0 Å². The first-order valence-corrected chi connectivity index (χ1v) is 12.0. The molecule has 34 heavy (non-hydrogen) atoms. The van der Waals surface area contributed by atoms with E-state index in [4.69, 9.17) is 9.72 Å². The van der Waals surface area contributed by atoms with Crippen molar-refractivity contribution in [2.45, 2.75) is 46.1 Å². The van der Waals surface area contributed by atoms with E-state index in [-0.39, 0.29) is 17.4 Å². The second kappa shape index (κ2) is 9.54. The molecule has 0 saturated heterocycles. The molecule has 7 nitrogen and oxygen atoms in total. The van der Waals surface area contributed by atoms with E-state index < -0.39 is 6.04 Å². The fourth-order valence-electron chi connectivity index (χ4n) is 4.25. The first-order chi connectivity index (χ1) is 16.3. The van der Waals surface area contributed by atoms with E-state index in [1.165, 1.54) is 11.8 Å². The number of ether oxygens (including phenoxy) is 1. The zero-order valence-electron chi connectivity index (χ0n) is 19.9. The molecule has 0 amide bonds. The number of methoxy groups -OCH3 is 1. The van der Waals surface area contributed by atoms with Gasteiger partial charge in [-0.1, -0.05) is 48.0 Å². The van der Waals surface area contributed by atoms with Gasteiger partial charge in [-0.2, -0.15) is 9.78 Å². The molecule has 0 N–H and O–H groups in total. The van der Waals surface area contributed by atoms with Gasteiger partial charge < -0.3 is 9.30 Å². The van der Waals surface area contributed by atoms with E-state index in [0.29, 0.717) is 16.7 Å². The number of carbonyl (C=O) groups is 1. The molecule has 4 aromatic rings. The molecule has 0 aliphatic carbocycles. The van der Waals surface area contributed by atoms with Crippen molar-refractivity contribution in [2.24, 2.45) is 5.10 Å². The first kappa shape index (κ1) is 23.9. The van der Waals surface area contributed by atoms with Crippen molar-refractivity contribution in [3.05, 3.63) is 74.4 Å². The quantitative estimate of drug-likeness (QED) is 0.245. The highest BCUT2D eigenvalue weighted by Crippen LogP contribution is 2.29. The Labute approximate surface area is 206 Å². The van der Waals surface area contributed by atoms with Crippen molar-refractivity contribution >= 4 is 49.9 Å². The highest BCUT2D eigenvalue weighted by molar-refractivity contribution is 9.10. The van der Waals surface area contributed by atoms with Gasteiger partial charge in [0.2, 0.25) is 0 Å². The van der Waals surface area contributed by atoms with Crippen LogP contribution in [-0.4, -0.2) is 33.5 Å². The molecule has 2 atom stereocenters. The molecule has 0 fully saturated rings. The zero-order valence-corrected chi connectivity index (χ0v) is 21.5. The fourth-order valence-corrected chi connectivity index (χ4v) is 4.61. The molecule has 4 rings (SSSR count). The van der Waals surface area contributed by atoms with Gasteiger partial charge in [0.25, 0.3) is 5.56 Å². The molecule has 8 heteroatoms. The Kier molecular flexibility index (Phi) is 6.70. The van der Waals surface area contributed by atoms with Crippen LogP contribution >= 0.6 is 15.9 Å². The lowest BCUT2D eigenvalue weighted by Gasteiger charge is -2.15. The Balaban J connectivity index is 1.94. The minimum atomic E-state index is -0.505. The van der Waals surface area contributed by atoms with Crippen LogP contribution in [0.4, 0.5) is 0 Å². The molecule has 0 radical (unpaired) electrons. The van der Waals surface area contributed by atoms with Crippen LogP contribution in [0.5, 0.6) is 0 Å². The predicted octanol–water partition coefficient (Wildman–Crippen LogP) is 5.55. The average molecular weight is 523 g/mol. The number of carbonyl (C=O) groups excluding carboxylic acids is 1. The molecular formula is C26H27BrN4O3. The number of rotatable bonds is 6. The van der Waals surface area contributed by atoms with Crippen molar-refractivity contribution in [1.29, 1.82) is 0 Å². The molecule has 176 valence electrons. The molecule has 0 spiro atoms. The van der Waals surface area contributed by atoms with Gasteiger partial charge >= 0.3 is 5.97 Å². The van der Waals surface area contributed by atoms with Crippen LogP contribution in [0, 0.1) is 6.92 Å². The third kappa shape index (κ3) is 4.07. The normalized spacial score (nSPS) is 13.6. The van der Waals surface area contributed by atoms with Crippen LogP contribution in [0.15, 0.2) is 56.8 Å². The summed E-state index contributed by atoms with van der Waals surface area (Å²) in [6.07, 6.45) is 2.51. The molecule has 2 heterocycles. The average Bonchev–Trinajstić information content (AvgIpc) is 3.13. The van der Waals surface area contributed by atoms with Gasteiger partial charge in [0.1, 0.15) is 11.9 Å². The van der Waals surface area contributed by atoms with Crippen molar-refractivity contribution in [3.8, 4) is 0 Å². The van der Waals surface area contributed by atoms with Gasteiger partial charge in [-0.3, -0.25) is 4.79 Å². The van der Waals surface area contributed by atoms with Crippen molar-refractivity contribution in [3.63, 3.8) is 0 Å². The summed E-state index contributed by atoms with van der Waals surface area (Å²) in [6.45, 7) is 7.84. The minimum Gasteiger partial charge on any atom is -0.467 e. The monoisotopic (exact) mass is 522 g/mol. The number of benzene rings is 2. The largest absolute Gasteiger partial charge is 0.467 e. The SMILES string of the molecule is CC[C@@H](C)c1nc2ccc(Br)cc2c(=O)n1N=Cc1c(C)n([C@H](C)C(=O)OC)c2ccccc12. The van der Waals surface area contributed by atoms with Crippen LogP contribution in [-0.2, 0) is 9.53 Å². The summed E-state index contributed by atoms with van der Waals surface area (Å²) in [5, 5.41) is 6.08. The summed E-state index contributed by atoms with van der Waals surface area (Å²) in [4.78, 5) is 30.5. The first-order valence-electron chi connectivity index (χ1n) is 11.2. The number of halogens is 1. The van der Waals surface area contributed by atoms with Gasteiger partial charge in [-0.05, 0) is 44.5 Å². The maximum absolute atomic E-state index is 13.5. The van der Waals surface area contributed by atoms with Crippen LogP contribution in [0.3, 0.4) is 0 Å². The number of esters is 1. The van der Waals surface area contributed by atoms with Gasteiger partial charge in [-0.15, -0.1) is 0 Å². The van der Waals surface area contributed by atoms with Gasteiger partial charge in [0.15, 0.2) is 0 Å². The third-order valence-electron chi connectivity index (χ3n) is 6.32. The van der Waals surface area contributed by atoms with Crippen molar-refractivity contribution in [2.75, 3.05) is 7.11 Å². The molecule has 0 bridgehead atoms. The van der Waals surface area contributed by atoms with Crippen molar-refractivity contribution in [1.82, 2.24) is 14.2 Å². The summed E-state index contributed by atoms with van der Waals surface area (Å²) in [6, 6.07) is 12.8. The Morgan fingerprint density at radius 1 is 1.21 bits per heavy atom. The van der Waals surface area contributed by atoms with Crippen LogP contribution in [0.2, 0.25) is 0 Å². The van der Waals surface area contributed by atoms with Crippen molar-refractivity contribution < 1.29 is 9.53 Å². The number of aromatic nitrogens is 3. The fraction of sp³-hybridized carbons (Fsp3) is 0.308. The second-order valence-electron chi connectivity index (χ2n) is 8.39. The van der Waals surface area contributed by atoms with Gasteiger partial charge in [0.05, 0.1) is 24.2 Å². The molecule has 0 saturated carbocycles. The standard InChI is InChI=1S/C26H27BrN4O3/c1-6-15(2)24-29-22-12-11-18(27)13-20(22)25(32)31(24)28-14-21-16(3)30(17(4)26(33)34-5)23-10-8-7-9-19(21)23/h7-15,17H,6H2,1-5H3/t15-,17-/m1/s1. The van der Waals surface area contributed by atoms with E-state index in [1.54, 1.807) is 12.3 Å². The van der Waals surface area contributed by atoms with E-state index in [2.05, 4.69) is 28.0 Å². The van der Waals surface area contributed by atoms with Crippen LogP contribution < -0.4 is 5.56 Å². The highest BCUT2D eigenvalue weighted by atomic mass is 79.9. The van der Waals surface area contributed by atoms with E-state index in [1.807, 2.05) is 61.7 Å². The predicted molar refractivity (Wildman–Crippen MR) is 139 cm³/mol. The molecule has 2 aromatic carbocycles. The van der Waals surface area contributed by atoms with Crippen LogP contribution in [0.25, 0.3) is 21.8 Å². The zero-order chi connectivity index (χ0) is 24.6. The second-order valence-corrected chi connectivity index (χ2v) is 9.30. The van der Waals surface area contributed by atoms with E-state index in [9.17, 15) is 9.59 Å². The summed E-state index contributed by atoms with van der Waals surface area (Å²) >= 11 is 3.44. The lowest BCUT2D eigenvalue weighted by molar-refractivity contribution is -0.143. The maximum Gasteiger partial charge on any atom is 0.328 e. The Hall–Kier alpha value is -3.26. The Morgan fingerprint density at radius 2 is 1.94 bits per heavy atom. The maximum atomic E-state index is 13.5. The number of hydrogen-bond donors (Lipinski definition) is 0. The summed E-state index contributed by atoms with van der Waals surface area (Å²) < 4.78 is 9.13. The number of para-hydroxylation sites is 1. The van der Waals surface area contributed by atoms with Gasteiger partial charge in [-0.25, -0.2) is 9.78 Å². The Bertz CT molecular complexity index is 1490. The topological polar surface area (TPSA) is 78.5 Å². The smallest absolute Gasteiger partial charge is 0.328 e. The summed E-state index contributed by atoms with van der Waals surface area (Å²) in [5.41, 5.74) is 3.02. The highest BCUT2D eigenvalue weighted by Gasteiger charge is 2.22. The van der Waals surface area contributed by atoms with E-state index in [0.717, 1.165) is 33.1 Å². The summed E-state index contributed by atoms with van der Waals surface area (Å²) in [5.74, 6) is 0.328. The van der Waals surface area contributed by atoms with Crippen LogP contribution in [0.1, 0.15) is 56.2 Å². The third-order valence-corrected chi connectivity index (χ3v) is 6.82.